The second-order valence-electron chi connectivity index (χ2n) is 8.64. The van der Waals surface area contributed by atoms with Crippen molar-refractivity contribution in [2.24, 2.45) is 10.1 Å². The fourth-order valence-corrected chi connectivity index (χ4v) is 5.45. The minimum atomic E-state index is -0.522. The normalized spacial score (nSPS) is 14.2. The number of ether oxygens (including phenoxy) is 2. The number of hydrogen-bond acceptors (Lipinski definition) is 8. The number of aliphatic imine (C=N–C) groups is 1. The van der Waals surface area contributed by atoms with E-state index in [1.165, 1.54) is 4.88 Å². The fourth-order valence-electron chi connectivity index (χ4n) is 4.11. The Morgan fingerprint density at radius 1 is 1.16 bits per heavy atom. The topological polar surface area (TPSA) is 139 Å². The first kappa shape index (κ1) is 27.7. The van der Waals surface area contributed by atoms with E-state index in [1.54, 1.807) is 11.3 Å². The van der Waals surface area contributed by atoms with E-state index in [1.807, 2.05) is 35.8 Å². The number of benzene rings is 1. The molecule has 1 aromatic carbocycles. The molecule has 200 valence electrons. The van der Waals surface area contributed by atoms with Crippen molar-refractivity contribution in [1.82, 2.24) is 20.1 Å². The van der Waals surface area contributed by atoms with Gasteiger partial charge in [-0.3, -0.25) is 14.4 Å². The molecular formula is C25H29ClN8O3S. The molecule has 2 aromatic heterocycles. The average Bonchev–Trinajstić information content (AvgIpc) is 3.37. The van der Waals surface area contributed by atoms with E-state index in [-0.39, 0.29) is 18.9 Å². The van der Waals surface area contributed by atoms with E-state index in [0.717, 1.165) is 33.2 Å². The summed E-state index contributed by atoms with van der Waals surface area (Å²) >= 11 is 7.83. The third-order valence-electron chi connectivity index (χ3n) is 6.08. The number of aryl methyl sites for hydroxylation is 2. The highest BCUT2D eigenvalue weighted by molar-refractivity contribution is 7.15. The van der Waals surface area contributed by atoms with Gasteiger partial charge in [-0.05, 0) is 44.0 Å². The van der Waals surface area contributed by atoms with Crippen molar-refractivity contribution in [2.45, 2.75) is 33.2 Å². The van der Waals surface area contributed by atoms with E-state index in [4.69, 9.17) is 31.6 Å². The first-order chi connectivity index (χ1) is 18.4. The average molecular weight is 557 g/mol. The van der Waals surface area contributed by atoms with Crippen LogP contribution in [0, 0.1) is 20.8 Å². The Kier molecular flexibility index (Phi) is 9.48. The second kappa shape index (κ2) is 13.0. The number of aromatic nitrogens is 3. The monoisotopic (exact) mass is 556 g/mol. The van der Waals surface area contributed by atoms with Crippen LogP contribution in [0.4, 0.5) is 0 Å². The quantitative estimate of drug-likeness (QED) is 0.150. The first-order valence-electron chi connectivity index (χ1n) is 12.2. The lowest BCUT2D eigenvalue weighted by Gasteiger charge is -2.13. The molecule has 38 heavy (non-hydrogen) atoms. The minimum Gasteiger partial charge on any atom is -0.379 e. The largest absolute Gasteiger partial charge is 0.379 e. The van der Waals surface area contributed by atoms with Crippen molar-refractivity contribution >= 4 is 34.6 Å². The lowest BCUT2D eigenvalue weighted by molar-refractivity contribution is -0.121. The summed E-state index contributed by atoms with van der Waals surface area (Å²) in [7, 11) is 0. The molecule has 1 aliphatic heterocycles. The summed E-state index contributed by atoms with van der Waals surface area (Å²) in [5.41, 5.74) is 12.1. The number of halogens is 1. The summed E-state index contributed by atoms with van der Waals surface area (Å²) in [6.07, 6.45) is 0.116. The van der Waals surface area contributed by atoms with Crippen LogP contribution in [0.1, 0.15) is 45.7 Å². The van der Waals surface area contributed by atoms with Crippen LogP contribution in [0.5, 0.6) is 0 Å². The zero-order valence-corrected chi connectivity index (χ0v) is 23.1. The molecule has 0 radical (unpaired) electrons. The van der Waals surface area contributed by atoms with Crippen LogP contribution in [0.15, 0.2) is 34.4 Å². The van der Waals surface area contributed by atoms with Gasteiger partial charge in [-0.25, -0.2) is 0 Å². The highest BCUT2D eigenvalue weighted by Crippen LogP contribution is 2.39. The van der Waals surface area contributed by atoms with Crippen LogP contribution < -0.4 is 5.32 Å². The minimum absolute atomic E-state index is 0.116. The molecule has 3 heterocycles. The Balaban J connectivity index is 1.47. The molecule has 3 aromatic rings. The molecule has 1 amide bonds. The van der Waals surface area contributed by atoms with Gasteiger partial charge < -0.3 is 14.8 Å². The van der Waals surface area contributed by atoms with Crippen molar-refractivity contribution in [3.63, 3.8) is 0 Å². The van der Waals surface area contributed by atoms with E-state index < -0.39 is 6.04 Å². The maximum Gasteiger partial charge on any atom is 0.222 e. The van der Waals surface area contributed by atoms with Crippen molar-refractivity contribution in [1.29, 1.82) is 0 Å². The molecule has 0 spiro atoms. The van der Waals surface area contributed by atoms with Gasteiger partial charge in [0.25, 0.3) is 0 Å². The van der Waals surface area contributed by atoms with Gasteiger partial charge >= 0.3 is 0 Å². The van der Waals surface area contributed by atoms with Gasteiger partial charge in [-0.15, -0.1) is 21.5 Å². The van der Waals surface area contributed by atoms with Gasteiger partial charge in [0.2, 0.25) is 5.91 Å². The molecular weight excluding hydrogens is 528 g/mol. The van der Waals surface area contributed by atoms with Gasteiger partial charge in [-0.2, -0.15) is 0 Å². The first-order valence-corrected chi connectivity index (χ1v) is 13.4. The van der Waals surface area contributed by atoms with E-state index in [0.29, 0.717) is 43.8 Å². The Morgan fingerprint density at radius 2 is 1.89 bits per heavy atom. The van der Waals surface area contributed by atoms with Crippen molar-refractivity contribution in [2.75, 3.05) is 39.5 Å². The molecule has 13 heteroatoms. The summed E-state index contributed by atoms with van der Waals surface area (Å²) in [4.78, 5) is 21.9. The maximum absolute atomic E-state index is 12.9. The molecule has 4 rings (SSSR count). The summed E-state index contributed by atoms with van der Waals surface area (Å²) in [5.74, 6) is 1.22. The number of carbonyl (C=O) groups is 1. The standard InChI is InChI=1S/C25H29ClN8O3S/c1-15-16(2)38-25-22(15)23(18-4-6-19(26)7-5-18)30-20(24-32-31-17(3)34(24)25)14-21(35)28-8-10-36-12-13-37-11-9-29-33-27/h4-7,20H,8-14H2,1-3H3,(H,28,35)/t20-/m0/s1. The number of thiophene rings is 1. The molecule has 1 N–H and O–H groups in total. The van der Waals surface area contributed by atoms with Crippen LogP contribution in [0.25, 0.3) is 15.4 Å². The molecule has 0 unspecified atom stereocenters. The zero-order chi connectivity index (χ0) is 27.1. The molecule has 0 aliphatic carbocycles. The van der Waals surface area contributed by atoms with Crippen molar-refractivity contribution in [3.05, 3.63) is 72.9 Å². The summed E-state index contributed by atoms with van der Waals surface area (Å²) in [5, 5.41) is 16.7. The molecule has 1 aliphatic rings. The van der Waals surface area contributed by atoms with Gasteiger partial charge in [0.05, 0.1) is 38.6 Å². The van der Waals surface area contributed by atoms with Crippen molar-refractivity contribution in [3.8, 4) is 5.00 Å². The maximum atomic E-state index is 12.9. The fraction of sp³-hybridized carbons (Fsp3) is 0.440. The number of amides is 1. The van der Waals surface area contributed by atoms with Gasteiger partial charge in [0, 0.05) is 39.0 Å². The number of nitrogens with one attached hydrogen (secondary N) is 1. The van der Waals surface area contributed by atoms with Crippen LogP contribution in [-0.2, 0) is 14.3 Å². The number of fused-ring (bicyclic) bond motifs is 3. The SMILES string of the molecule is Cc1sc2c(c1C)C(c1ccc(Cl)cc1)=N[C@@H](CC(=O)NCCOCCOCCN=[N+]=[N-])c1nnc(C)n1-2. The zero-order valence-electron chi connectivity index (χ0n) is 21.5. The van der Waals surface area contributed by atoms with Crippen molar-refractivity contribution < 1.29 is 14.3 Å². The van der Waals surface area contributed by atoms with E-state index >= 15 is 0 Å². The molecule has 0 saturated heterocycles. The highest BCUT2D eigenvalue weighted by Gasteiger charge is 2.32. The second-order valence-corrected chi connectivity index (χ2v) is 10.3. The Bertz CT molecular complexity index is 1360. The van der Waals surface area contributed by atoms with E-state index in [2.05, 4.69) is 39.4 Å². The number of azide groups is 1. The van der Waals surface area contributed by atoms with Crippen LogP contribution in [-0.4, -0.2) is 65.9 Å². The highest BCUT2D eigenvalue weighted by atomic mass is 35.5. The Hall–Kier alpha value is -3.28. The predicted octanol–water partition coefficient (Wildman–Crippen LogP) is 4.65. The molecule has 0 fully saturated rings. The lowest BCUT2D eigenvalue weighted by atomic mass is 9.99. The number of carbonyl (C=O) groups excluding carboxylic acids is 1. The summed E-state index contributed by atoms with van der Waals surface area (Å²) in [6, 6.07) is 7.07. The van der Waals surface area contributed by atoms with Crippen LogP contribution in [0.3, 0.4) is 0 Å². The third kappa shape index (κ3) is 6.40. The Morgan fingerprint density at radius 3 is 2.63 bits per heavy atom. The van der Waals surface area contributed by atoms with Crippen LogP contribution in [0.2, 0.25) is 5.02 Å². The third-order valence-corrected chi connectivity index (χ3v) is 7.52. The number of rotatable bonds is 12. The molecule has 0 saturated carbocycles. The summed E-state index contributed by atoms with van der Waals surface area (Å²) < 4.78 is 12.8. The van der Waals surface area contributed by atoms with Gasteiger partial charge in [0.15, 0.2) is 5.82 Å². The van der Waals surface area contributed by atoms with E-state index in [9.17, 15) is 4.79 Å². The Labute approximate surface area is 229 Å². The summed E-state index contributed by atoms with van der Waals surface area (Å²) in [6.45, 7) is 8.20. The number of nitrogens with zero attached hydrogens (tertiary/aromatic N) is 7. The van der Waals surface area contributed by atoms with Gasteiger partial charge in [-0.1, -0.05) is 28.8 Å². The smallest absolute Gasteiger partial charge is 0.222 e. The molecule has 11 nitrogen and oxygen atoms in total. The predicted molar refractivity (Wildman–Crippen MR) is 147 cm³/mol. The lowest BCUT2D eigenvalue weighted by Crippen LogP contribution is -2.29. The molecule has 1 atom stereocenters. The number of hydrogen-bond donors (Lipinski definition) is 1. The van der Waals surface area contributed by atoms with Crippen LogP contribution >= 0.6 is 22.9 Å². The van der Waals surface area contributed by atoms with Gasteiger partial charge in [0.1, 0.15) is 16.9 Å². The molecule has 0 bridgehead atoms.